The van der Waals surface area contributed by atoms with Gasteiger partial charge in [0.05, 0.1) is 0 Å². The van der Waals surface area contributed by atoms with Gasteiger partial charge in [-0.15, -0.1) is 11.8 Å². The molecule has 2 heterocycles. The van der Waals surface area contributed by atoms with E-state index < -0.39 is 0 Å². The fourth-order valence-electron chi connectivity index (χ4n) is 1.97. The summed E-state index contributed by atoms with van der Waals surface area (Å²) in [5.74, 6) is 0.838. The topological polar surface area (TPSA) is 43.6 Å². The molecule has 0 unspecified atom stereocenters. The van der Waals surface area contributed by atoms with Crippen molar-refractivity contribution < 1.29 is 0 Å². The quantitative estimate of drug-likeness (QED) is 0.536. The smallest absolute Gasteiger partial charge is 0.165 e. The minimum atomic E-state index is 0.382. The van der Waals surface area contributed by atoms with Gasteiger partial charge in [-0.3, -0.25) is 0 Å². The normalized spacial score (nSPS) is 11.1. The van der Waals surface area contributed by atoms with Crippen molar-refractivity contribution in [2.75, 3.05) is 6.26 Å². The lowest BCUT2D eigenvalue weighted by molar-refractivity contribution is 0.938. The third kappa shape index (κ3) is 2.09. The van der Waals surface area contributed by atoms with E-state index in [9.17, 15) is 0 Å². The van der Waals surface area contributed by atoms with Crippen LogP contribution in [0.4, 0.5) is 0 Å². The van der Waals surface area contributed by atoms with Gasteiger partial charge in [-0.2, -0.15) is 0 Å². The molecule has 1 aromatic carbocycles. The van der Waals surface area contributed by atoms with Crippen molar-refractivity contribution in [2.45, 2.75) is 4.90 Å². The van der Waals surface area contributed by atoms with Crippen molar-refractivity contribution in [1.29, 1.82) is 0 Å². The van der Waals surface area contributed by atoms with Gasteiger partial charge in [-0.25, -0.2) is 15.0 Å². The first kappa shape index (κ1) is 12.4. The van der Waals surface area contributed by atoms with Gasteiger partial charge >= 0.3 is 0 Å². The van der Waals surface area contributed by atoms with Gasteiger partial charge in [-0.05, 0) is 18.4 Å². The monoisotopic (exact) mass is 290 g/mol. The molecule has 0 bridgehead atoms. The predicted molar refractivity (Wildman–Crippen MR) is 78.5 cm³/mol. The maximum atomic E-state index is 6.05. The Kier molecular flexibility index (Phi) is 3.16. The molecule has 0 aliphatic heterocycles. The summed E-state index contributed by atoms with van der Waals surface area (Å²) in [6.07, 6.45) is 3.51. The van der Waals surface area contributed by atoms with E-state index in [1.165, 1.54) is 11.2 Å². The van der Waals surface area contributed by atoms with Gasteiger partial charge in [-0.1, -0.05) is 23.7 Å². The summed E-state index contributed by atoms with van der Waals surface area (Å²) < 4.78 is 1.93. The standard InChI is InChI=1S/C13H11ClN4S/c1-18-12(8-3-5-9(19-2)6-4-8)17-10-11(14)15-7-16-13(10)18/h3-7H,1-2H3. The zero-order chi connectivity index (χ0) is 13.4. The van der Waals surface area contributed by atoms with Crippen LogP contribution in [0.2, 0.25) is 5.15 Å². The van der Waals surface area contributed by atoms with Gasteiger partial charge < -0.3 is 4.57 Å². The molecule has 96 valence electrons. The third-order valence-electron chi connectivity index (χ3n) is 2.96. The molecule has 3 rings (SSSR count). The van der Waals surface area contributed by atoms with Crippen LogP contribution in [0.25, 0.3) is 22.6 Å². The molecule has 0 amide bonds. The molecule has 0 saturated heterocycles. The van der Waals surface area contributed by atoms with E-state index >= 15 is 0 Å². The Bertz CT molecular complexity index is 736. The van der Waals surface area contributed by atoms with Crippen LogP contribution in [-0.2, 0) is 7.05 Å². The second-order valence-corrected chi connectivity index (χ2v) is 5.30. The van der Waals surface area contributed by atoms with Gasteiger partial charge in [0.2, 0.25) is 0 Å². The van der Waals surface area contributed by atoms with Crippen LogP contribution in [0.3, 0.4) is 0 Å². The number of aromatic nitrogens is 4. The Morgan fingerprint density at radius 2 is 1.89 bits per heavy atom. The van der Waals surface area contributed by atoms with Crippen molar-refractivity contribution in [3.05, 3.63) is 35.7 Å². The Morgan fingerprint density at radius 3 is 2.53 bits per heavy atom. The van der Waals surface area contributed by atoms with Crippen molar-refractivity contribution in [3.63, 3.8) is 0 Å². The highest BCUT2D eigenvalue weighted by atomic mass is 35.5. The molecule has 19 heavy (non-hydrogen) atoms. The second-order valence-electron chi connectivity index (χ2n) is 4.06. The average molecular weight is 291 g/mol. The molecular formula is C13H11ClN4S. The molecule has 0 saturated carbocycles. The molecule has 0 radical (unpaired) electrons. The minimum absolute atomic E-state index is 0.382. The Hall–Kier alpha value is -1.59. The van der Waals surface area contributed by atoms with E-state index in [1.807, 2.05) is 23.7 Å². The number of nitrogens with zero attached hydrogens (tertiary/aromatic N) is 4. The van der Waals surface area contributed by atoms with Gasteiger partial charge in [0, 0.05) is 17.5 Å². The van der Waals surface area contributed by atoms with Gasteiger partial charge in [0.15, 0.2) is 10.8 Å². The number of rotatable bonds is 2. The van der Waals surface area contributed by atoms with Gasteiger partial charge in [0.25, 0.3) is 0 Å². The summed E-state index contributed by atoms with van der Waals surface area (Å²) in [7, 11) is 1.93. The lowest BCUT2D eigenvalue weighted by Crippen LogP contribution is -1.93. The molecular weight excluding hydrogens is 280 g/mol. The molecule has 0 aliphatic carbocycles. The Morgan fingerprint density at radius 1 is 1.16 bits per heavy atom. The van der Waals surface area contributed by atoms with Crippen molar-refractivity contribution >= 4 is 34.5 Å². The first-order valence-corrected chi connectivity index (χ1v) is 7.28. The molecule has 0 atom stereocenters. The first-order valence-electron chi connectivity index (χ1n) is 5.68. The minimum Gasteiger partial charge on any atom is -0.312 e. The highest BCUT2D eigenvalue weighted by molar-refractivity contribution is 7.98. The lowest BCUT2D eigenvalue weighted by Gasteiger charge is -2.02. The maximum absolute atomic E-state index is 6.05. The molecule has 2 aromatic heterocycles. The van der Waals surface area contributed by atoms with Crippen LogP contribution in [0.15, 0.2) is 35.5 Å². The largest absolute Gasteiger partial charge is 0.312 e. The Labute approximate surface area is 119 Å². The zero-order valence-electron chi connectivity index (χ0n) is 10.5. The maximum Gasteiger partial charge on any atom is 0.165 e. The summed E-state index contributed by atoms with van der Waals surface area (Å²) in [6, 6.07) is 8.25. The van der Waals surface area contributed by atoms with Crippen LogP contribution in [0.1, 0.15) is 0 Å². The van der Waals surface area contributed by atoms with E-state index in [4.69, 9.17) is 11.6 Å². The Balaban J connectivity index is 2.19. The van der Waals surface area contributed by atoms with Crippen molar-refractivity contribution in [2.24, 2.45) is 7.05 Å². The molecule has 0 fully saturated rings. The molecule has 6 heteroatoms. The van der Waals surface area contributed by atoms with Crippen molar-refractivity contribution in [1.82, 2.24) is 19.5 Å². The molecule has 0 N–H and O–H groups in total. The highest BCUT2D eigenvalue weighted by Gasteiger charge is 2.13. The predicted octanol–water partition coefficient (Wildman–Crippen LogP) is 3.41. The van der Waals surface area contributed by atoms with Gasteiger partial charge in [0.1, 0.15) is 17.7 Å². The van der Waals surface area contributed by atoms with E-state index in [0.717, 1.165) is 17.0 Å². The summed E-state index contributed by atoms with van der Waals surface area (Å²) in [5, 5.41) is 0.382. The summed E-state index contributed by atoms with van der Waals surface area (Å²) in [4.78, 5) is 13.9. The first-order chi connectivity index (χ1) is 9.20. The van der Waals surface area contributed by atoms with Crippen LogP contribution in [0, 0.1) is 0 Å². The zero-order valence-corrected chi connectivity index (χ0v) is 12.0. The van der Waals surface area contributed by atoms with Crippen LogP contribution in [-0.4, -0.2) is 25.8 Å². The summed E-state index contributed by atoms with van der Waals surface area (Å²) in [6.45, 7) is 0. The average Bonchev–Trinajstić information content (AvgIpc) is 2.78. The number of fused-ring (bicyclic) bond motifs is 1. The highest BCUT2D eigenvalue weighted by Crippen LogP contribution is 2.26. The fourth-order valence-corrected chi connectivity index (χ4v) is 2.55. The SMILES string of the molecule is CSc1ccc(-c2nc3c(Cl)ncnc3n2C)cc1. The fraction of sp³-hybridized carbons (Fsp3) is 0.154. The van der Waals surface area contributed by atoms with Crippen LogP contribution < -0.4 is 0 Å². The van der Waals surface area contributed by atoms with E-state index in [0.29, 0.717) is 10.7 Å². The molecule has 3 aromatic rings. The lowest BCUT2D eigenvalue weighted by atomic mass is 10.2. The number of halogens is 1. The van der Waals surface area contributed by atoms with E-state index in [-0.39, 0.29) is 0 Å². The summed E-state index contributed by atoms with van der Waals surface area (Å²) in [5.41, 5.74) is 2.41. The third-order valence-corrected chi connectivity index (χ3v) is 3.98. The second kappa shape index (κ2) is 4.83. The molecule has 4 nitrogen and oxygen atoms in total. The number of benzene rings is 1. The number of hydrogen-bond donors (Lipinski definition) is 0. The van der Waals surface area contributed by atoms with E-state index in [1.54, 1.807) is 11.8 Å². The molecule has 0 spiro atoms. The summed E-state index contributed by atoms with van der Waals surface area (Å²) >= 11 is 7.76. The number of thioether (sulfide) groups is 1. The number of imidazole rings is 1. The number of aryl methyl sites for hydroxylation is 1. The van der Waals surface area contributed by atoms with E-state index in [2.05, 4.69) is 33.3 Å². The van der Waals surface area contributed by atoms with Crippen LogP contribution in [0.5, 0.6) is 0 Å². The van der Waals surface area contributed by atoms with Crippen molar-refractivity contribution in [3.8, 4) is 11.4 Å². The molecule has 0 aliphatic rings. The van der Waals surface area contributed by atoms with Crippen LogP contribution >= 0.6 is 23.4 Å². The number of hydrogen-bond acceptors (Lipinski definition) is 4.